The van der Waals surface area contributed by atoms with Crippen molar-refractivity contribution in [3.05, 3.63) is 105 Å². The first-order valence-corrected chi connectivity index (χ1v) is 8.93. The van der Waals surface area contributed by atoms with Crippen LogP contribution in [0.15, 0.2) is 77.6 Å². The molecule has 4 heteroatoms. The second-order valence-corrected chi connectivity index (χ2v) is 6.69. The molecule has 0 fully saturated rings. The van der Waals surface area contributed by atoms with Gasteiger partial charge in [-0.15, -0.1) is 0 Å². The molecule has 1 heterocycles. The molecule has 0 aliphatic heterocycles. The van der Waals surface area contributed by atoms with Crippen molar-refractivity contribution >= 4 is 22.4 Å². The van der Waals surface area contributed by atoms with E-state index in [9.17, 15) is 10.1 Å². The summed E-state index contributed by atoms with van der Waals surface area (Å²) in [5.74, 6) is 0. The number of aromatic nitrogens is 1. The van der Waals surface area contributed by atoms with Gasteiger partial charge in [0.2, 0.25) is 0 Å². The maximum atomic E-state index is 13.0. The zero-order chi connectivity index (χ0) is 18.8. The van der Waals surface area contributed by atoms with Gasteiger partial charge in [-0.3, -0.25) is 4.79 Å². The quantitative estimate of drug-likeness (QED) is 0.531. The molecule has 0 radical (unpaired) electrons. The first-order valence-electron chi connectivity index (χ1n) is 8.56. The molecule has 0 bridgehead atoms. The number of benzene rings is 3. The Labute approximate surface area is 161 Å². The predicted octanol–water partition coefficient (Wildman–Crippen LogP) is 5.31. The second-order valence-electron chi connectivity index (χ2n) is 6.28. The van der Waals surface area contributed by atoms with Crippen molar-refractivity contribution in [2.75, 3.05) is 0 Å². The van der Waals surface area contributed by atoms with Crippen molar-refractivity contribution in [2.45, 2.75) is 6.42 Å². The largest absolute Gasteiger partial charge is 0.325 e. The van der Waals surface area contributed by atoms with Crippen molar-refractivity contribution in [1.82, 2.24) is 4.98 Å². The topological polar surface area (TPSA) is 56.6 Å². The van der Waals surface area contributed by atoms with Crippen LogP contribution in [0, 0.1) is 11.3 Å². The highest BCUT2D eigenvalue weighted by Crippen LogP contribution is 2.30. The fourth-order valence-corrected chi connectivity index (χ4v) is 3.59. The summed E-state index contributed by atoms with van der Waals surface area (Å²) in [6.07, 6.45) is 0.523. The maximum absolute atomic E-state index is 13.0. The van der Waals surface area contributed by atoms with Crippen molar-refractivity contribution in [2.24, 2.45) is 0 Å². The van der Waals surface area contributed by atoms with E-state index >= 15 is 0 Å². The van der Waals surface area contributed by atoms with Crippen LogP contribution >= 0.6 is 11.6 Å². The molecular weight excluding hydrogens is 356 g/mol. The molecule has 1 aromatic heterocycles. The van der Waals surface area contributed by atoms with E-state index in [4.69, 9.17) is 11.6 Å². The summed E-state index contributed by atoms with van der Waals surface area (Å²) in [6, 6.07) is 24.7. The van der Waals surface area contributed by atoms with Gasteiger partial charge in [-0.2, -0.15) is 5.26 Å². The number of H-pyrrole nitrogens is 1. The lowest BCUT2D eigenvalue weighted by Crippen LogP contribution is -2.14. The molecule has 0 unspecified atom stereocenters. The van der Waals surface area contributed by atoms with Crippen molar-refractivity contribution < 1.29 is 0 Å². The van der Waals surface area contributed by atoms with Gasteiger partial charge >= 0.3 is 0 Å². The van der Waals surface area contributed by atoms with E-state index in [-0.39, 0.29) is 5.56 Å². The van der Waals surface area contributed by atoms with Crippen molar-refractivity contribution in [3.63, 3.8) is 0 Å². The van der Waals surface area contributed by atoms with Crippen LogP contribution in [-0.2, 0) is 6.42 Å². The Kier molecular flexibility index (Phi) is 4.50. The molecule has 0 aliphatic carbocycles. The minimum absolute atomic E-state index is 0.210. The lowest BCUT2D eigenvalue weighted by atomic mass is 9.94. The van der Waals surface area contributed by atoms with Crippen molar-refractivity contribution in [3.8, 4) is 17.2 Å². The third-order valence-electron chi connectivity index (χ3n) is 4.65. The number of rotatable bonds is 3. The highest BCUT2D eigenvalue weighted by atomic mass is 35.5. The van der Waals surface area contributed by atoms with Gasteiger partial charge in [-0.1, -0.05) is 72.3 Å². The molecular formula is C23H15ClN2O. The van der Waals surface area contributed by atoms with E-state index in [1.807, 2.05) is 60.7 Å². The van der Waals surface area contributed by atoms with Gasteiger partial charge in [0.15, 0.2) is 0 Å². The summed E-state index contributed by atoms with van der Waals surface area (Å²) in [5.41, 5.74) is 3.19. The molecule has 3 nitrogen and oxygen atoms in total. The Balaban J connectivity index is 1.98. The number of pyridine rings is 1. The maximum Gasteiger partial charge on any atom is 0.256 e. The van der Waals surface area contributed by atoms with Gasteiger partial charge in [-0.25, -0.2) is 0 Å². The minimum Gasteiger partial charge on any atom is -0.325 e. The number of nitrogens with zero attached hydrogens (tertiary/aromatic N) is 1. The molecule has 130 valence electrons. The Bertz CT molecular complexity index is 1250. The zero-order valence-electron chi connectivity index (χ0n) is 14.4. The Morgan fingerprint density at radius 2 is 1.56 bits per heavy atom. The predicted molar refractivity (Wildman–Crippen MR) is 109 cm³/mol. The highest BCUT2D eigenvalue weighted by Gasteiger charge is 2.16. The zero-order valence-corrected chi connectivity index (χ0v) is 15.1. The van der Waals surface area contributed by atoms with Crippen LogP contribution in [0.25, 0.3) is 21.9 Å². The van der Waals surface area contributed by atoms with Gasteiger partial charge in [0.05, 0.1) is 17.2 Å². The smallest absolute Gasteiger partial charge is 0.256 e. The summed E-state index contributed by atoms with van der Waals surface area (Å²) < 4.78 is 0. The van der Waals surface area contributed by atoms with Crippen LogP contribution in [0.4, 0.5) is 0 Å². The normalized spacial score (nSPS) is 10.7. The Morgan fingerprint density at radius 3 is 2.33 bits per heavy atom. The van der Waals surface area contributed by atoms with Crippen LogP contribution in [0.3, 0.4) is 0 Å². The number of hydrogen-bond acceptors (Lipinski definition) is 2. The summed E-state index contributed by atoms with van der Waals surface area (Å²) in [6.45, 7) is 0. The fraction of sp³-hybridized carbons (Fsp3) is 0.0435. The van der Waals surface area contributed by atoms with Gasteiger partial charge in [0.1, 0.15) is 0 Å². The first kappa shape index (κ1) is 17.1. The van der Waals surface area contributed by atoms with Crippen LogP contribution < -0.4 is 5.56 Å². The van der Waals surface area contributed by atoms with E-state index in [1.165, 1.54) is 0 Å². The summed E-state index contributed by atoms with van der Waals surface area (Å²) in [4.78, 5) is 16.0. The van der Waals surface area contributed by atoms with Crippen LogP contribution in [-0.4, -0.2) is 4.98 Å². The first-order chi connectivity index (χ1) is 13.2. The molecule has 4 aromatic rings. The molecule has 0 saturated carbocycles. The SMILES string of the molecule is N#Cc1ccccc1-c1c(=O)[nH]c(Cc2ccccc2Cl)c2ccccc12. The minimum atomic E-state index is -0.210. The summed E-state index contributed by atoms with van der Waals surface area (Å²) in [5, 5.41) is 11.9. The number of fused-ring (bicyclic) bond motifs is 1. The second kappa shape index (κ2) is 7.11. The molecule has 1 N–H and O–H groups in total. The third-order valence-corrected chi connectivity index (χ3v) is 5.02. The molecule has 27 heavy (non-hydrogen) atoms. The summed E-state index contributed by atoms with van der Waals surface area (Å²) >= 11 is 6.30. The van der Waals surface area contributed by atoms with Crippen LogP contribution in [0.2, 0.25) is 5.02 Å². The monoisotopic (exact) mass is 370 g/mol. The standard InChI is InChI=1S/C23H15ClN2O/c24-20-12-6-2-7-15(20)13-21-18-10-4-5-11-19(18)22(23(27)26-21)17-9-3-1-8-16(17)14-25/h1-12H,13H2,(H,26,27). The number of nitrogens with one attached hydrogen (secondary N) is 1. The number of halogens is 1. The van der Waals surface area contributed by atoms with E-state index in [2.05, 4.69) is 11.1 Å². The Hall–Kier alpha value is -3.35. The highest BCUT2D eigenvalue weighted by molar-refractivity contribution is 6.31. The molecule has 0 saturated heterocycles. The molecule has 0 atom stereocenters. The van der Waals surface area contributed by atoms with E-state index < -0.39 is 0 Å². The van der Waals surface area contributed by atoms with Crippen LogP contribution in [0.5, 0.6) is 0 Å². The van der Waals surface area contributed by atoms with Gasteiger partial charge in [0, 0.05) is 28.1 Å². The molecule has 0 spiro atoms. The van der Waals surface area contributed by atoms with Crippen molar-refractivity contribution in [1.29, 1.82) is 5.26 Å². The lowest BCUT2D eigenvalue weighted by molar-refractivity contribution is 1.07. The average molecular weight is 371 g/mol. The van der Waals surface area contributed by atoms with Gasteiger partial charge < -0.3 is 4.98 Å². The lowest BCUT2D eigenvalue weighted by Gasteiger charge is -2.12. The summed E-state index contributed by atoms with van der Waals surface area (Å²) in [7, 11) is 0. The fourth-order valence-electron chi connectivity index (χ4n) is 3.39. The van der Waals surface area contributed by atoms with Gasteiger partial charge in [0.25, 0.3) is 5.56 Å². The molecule has 0 amide bonds. The molecule has 3 aromatic carbocycles. The van der Waals surface area contributed by atoms with E-state index in [0.717, 1.165) is 22.0 Å². The average Bonchev–Trinajstić information content (AvgIpc) is 2.70. The third kappa shape index (κ3) is 3.12. The van der Waals surface area contributed by atoms with E-state index in [0.29, 0.717) is 28.1 Å². The molecule has 0 aliphatic rings. The number of hydrogen-bond donors (Lipinski definition) is 1. The van der Waals surface area contributed by atoms with Crippen LogP contribution in [0.1, 0.15) is 16.8 Å². The number of aromatic amines is 1. The van der Waals surface area contributed by atoms with E-state index in [1.54, 1.807) is 12.1 Å². The molecule has 4 rings (SSSR count). The number of nitriles is 1. The Morgan fingerprint density at radius 1 is 0.889 bits per heavy atom. The van der Waals surface area contributed by atoms with Gasteiger partial charge in [-0.05, 0) is 23.1 Å².